The van der Waals surface area contributed by atoms with E-state index in [-0.39, 0.29) is 6.03 Å². The van der Waals surface area contributed by atoms with E-state index in [1.54, 1.807) is 11.9 Å². The highest BCUT2D eigenvalue weighted by molar-refractivity contribution is 5.73. The first-order chi connectivity index (χ1) is 14.1. The Morgan fingerprint density at radius 2 is 1.52 bits per heavy atom. The standard InChI is InChI=1S/C23H31N3O3/c1-4-26(5-2)17-19-8-6-18(7-9-19)15-24-23(27)25(3)16-20-10-11-21-22(14-20)29-13-12-28-21/h6-11,14H,4-5,12-13,15-17H2,1-3H3,(H,24,27). The topological polar surface area (TPSA) is 54.0 Å². The Kier molecular flexibility index (Phi) is 7.36. The first-order valence-corrected chi connectivity index (χ1v) is 10.3. The summed E-state index contributed by atoms with van der Waals surface area (Å²) in [5, 5.41) is 2.98. The summed E-state index contributed by atoms with van der Waals surface area (Å²) in [5.74, 6) is 1.50. The Morgan fingerprint density at radius 3 is 2.21 bits per heavy atom. The van der Waals surface area contributed by atoms with Gasteiger partial charge in [-0.3, -0.25) is 4.90 Å². The van der Waals surface area contributed by atoms with Gasteiger partial charge in [0, 0.05) is 26.7 Å². The van der Waals surface area contributed by atoms with Crippen molar-refractivity contribution in [3.8, 4) is 11.5 Å². The third-order valence-corrected chi connectivity index (χ3v) is 5.14. The first-order valence-electron chi connectivity index (χ1n) is 10.3. The van der Waals surface area contributed by atoms with Crippen LogP contribution in [-0.2, 0) is 19.6 Å². The van der Waals surface area contributed by atoms with Gasteiger partial charge in [-0.15, -0.1) is 0 Å². The molecule has 1 N–H and O–H groups in total. The van der Waals surface area contributed by atoms with Crippen molar-refractivity contribution in [2.24, 2.45) is 0 Å². The van der Waals surface area contributed by atoms with E-state index in [0.29, 0.717) is 26.3 Å². The molecular formula is C23H31N3O3. The number of carbonyl (C=O) groups is 1. The number of ether oxygens (including phenoxy) is 2. The normalized spacial score (nSPS) is 12.7. The molecule has 6 nitrogen and oxygen atoms in total. The van der Waals surface area contributed by atoms with Crippen LogP contribution in [0.5, 0.6) is 11.5 Å². The monoisotopic (exact) mass is 397 g/mol. The molecule has 2 amide bonds. The van der Waals surface area contributed by atoms with Crippen molar-refractivity contribution >= 4 is 6.03 Å². The van der Waals surface area contributed by atoms with Gasteiger partial charge in [0.2, 0.25) is 0 Å². The van der Waals surface area contributed by atoms with Gasteiger partial charge in [0.25, 0.3) is 0 Å². The maximum absolute atomic E-state index is 12.5. The van der Waals surface area contributed by atoms with Gasteiger partial charge in [-0.2, -0.15) is 0 Å². The van der Waals surface area contributed by atoms with Gasteiger partial charge in [0.15, 0.2) is 11.5 Å². The second kappa shape index (κ2) is 10.2. The van der Waals surface area contributed by atoms with Crippen LogP contribution < -0.4 is 14.8 Å². The van der Waals surface area contributed by atoms with Crippen LogP contribution in [0.25, 0.3) is 0 Å². The van der Waals surface area contributed by atoms with Crippen molar-refractivity contribution < 1.29 is 14.3 Å². The van der Waals surface area contributed by atoms with Crippen molar-refractivity contribution in [2.75, 3.05) is 33.4 Å². The number of carbonyl (C=O) groups excluding carboxylic acids is 1. The van der Waals surface area contributed by atoms with Gasteiger partial charge in [-0.25, -0.2) is 4.79 Å². The van der Waals surface area contributed by atoms with Crippen LogP contribution in [0.1, 0.15) is 30.5 Å². The van der Waals surface area contributed by atoms with Crippen molar-refractivity contribution in [1.29, 1.82) is 0 Å². The fraction of sp³-hybridized carbons (Fsp3) is 0.435. The lowest BCUT2D eigenvalue weighted by Gasteiger charge is -2.21. The Labute approximate surface area is 173 Å². The number of nitrogens with zero attached hydrogens (tertiary/aromatic N) is 2. The molecule has 6 heteroatoms. The van der Waals surface area contributed by atoms with E-state index < -0.39 is 0 Å². The summed E-state index contributed by atoms with van der Waals surface area (Å²) in [6, 6.07) is 14.1. The van der Waals surface area contributed by atoms with E-state index in [2.05, 4.69) is 48.3 Å². The number of amides is 2. The number of benzene rings is 2. The SMILES string of the molecule is CCN(CC)Cc1ccc(CNC(=O)N(C)Cc2ccc3c(c2)OCCO3)cc1. The van der Waals surface area contributed by atoms with Crippen molar-refractivity contribution in [3.05, 3.63) is 59.2 Å². The fourth-order valence-electron chi connectivity index (χ4n) is 3.31. The largest absolute Gasteiger partial charge is 0.486 e. The Morgan fingerprint density at radius 1 is 0.897 bits per heavy atom. The summed E-state index contributed by atoms with van der Waals surface area (Å²) in [6.45, 7) is 9.54. The van der Waals surface area contributed by atoms with Gasteiger partial charge in [0.05, 0.1) is 0 Å². The molecule has 1 aliphatic heterocycles. The molecule has 0 aliphatic carbocycles. The first kappa shape index (κ1) is 21.0. The fourth-order valence-corrected chi connectivity index (χ4v) is 3.31. The zero-order valence-corrected chi connectivity index (χ0v) is 17.6. The molecule has 0 fully saturated rings. The Balaban J connectivity index is 1.48. The molecule has 0 aromatic heterocycles. The summed E-state index contributed by atoms with van der Waals surface area (Å²) in [4.78, 5) is 16.5. The highest BCUT2D eigenvalue weighted by Gasteiger charge is 2.14. The molecular weight excluding hydrogens is 366 g/mol. The summed E-state index contributed by atoms with van der Waals surface area (Å²) < 4.78 is 11.2. The van der Waals surface area contributed by atoms with E-state index in [9.17, 15) is 4.79 Å². The van der Waals surface area contributed by atoms with Crippen LogP contribution in [0.15, 0.2) is 42.5 Å². The van der Waals surface area contributed by atoms with Crippen molar-refractivity contribution in [2.45, 2.75) is 33.5 Å². The summed E-state index contributed by atoms with van der Waals surface area (Å²) >= 11 is 0. The van der Waals surface area contributed by atoms with Crippen LogP contribution in [0.3, 0.4) is 0 Å². The number of urea groups is 1. The minimum absolute atomic E-state index is 0.105. The molecule has 0 saturated heterocycles. The Hall–Kier alpha value is -2.73. The third kappa shape index (κ3) is 5.87. The number of rotatable bonds is 8. The molecule has 2 aromatic carbocycles. The summed E-state index contributed by atoms with van der Waals surface area (Å²) in [7, 11) is 1.79. The van der Waals surface area contributed by atoms with E-state index in [1.165, 1.54) is 5.56 Å². The van der Waals surface area contributed by atoms with E-state index >= 15 is 0 Å². The lowest BCUT2D eigenvalue weighted by atomic mass is 10.1. The minimum Gasteiger partial charge on any atom is -0.486 e. The second-order valence-electron chi connectivity index (χ2n) is 7.27. The van der Waals surface area contributed by atoms with Crippen molar-refractivity contribution in [1.82, 2.24) is 15.1 Å². The molecule has 156 valence electrons. The predicted octanol–water partition coefficient (Wildman–Crippen LogP) is 3.64. The zero-order valence-electron chi connectivity index (χ0n) is 17.6. The Bertz CT molecular complexity index is 804. The predicted molar refractivity (Wildman–Crippen MR) is 114 cm³/mol. The molecule has 1 heterocycles. The van der Waals surface area contributed by atoms with Crippen LogP contribution in [0.4, 0.5) is 4.79 Å². The molecule has 0 saturated carbocycles. The molecule has 29 heavy (non-hydrogen) atoms. The average Bonchev–Trinajstić information content (AvgIpc) is 2.76. The van der Waals surface area contributed by atoms with Gasteiger partial charge < -0.3 is 19.7 Å². The lowest BCUT2D eigenvalue weighted by molar-refractivity contribution is 0.171. The van der Waals surface area contributed by atoms with Gasteiger partial charge in [-0.05, 0) is 41.9 Å². The molecule has 0 spiro atoms. The van der Waals surface area contributed by atoms with Crippen LogP contribution in [0.2, 0.25) is 0 Å². The smallest absolute Gasteiger partial charge is 0.317 e. The van der Waals surface area contributed by atoms with Gasteiger partial charge >= 0.3 is 6.03 Å². The van der Waals surface area contributed by atoms with Crippen LogP contribution in [0, 0.1) is 0 Å². The van der Waals surface area contributed by atoms with Crippen LogP contribution >= 0.6 is 0 Å². The molecule has 3 rings (SSSR count). The third-order valence-electron chi connectivity index (χ3n) is 5.14. The molecule has 0 bridgehead atoms. The maximum atomic E-state index is 12.5. The number of fused-ring (bicyclic) bond motifs is 1. The zero-order chi connectivity index (χ0) is 20.6. The minimum atomic E-state index is -0.105. The lowest BCUT2D eigenvalue weighted by Crippen LogP contribution is -2.36. The average molecular weight is 398 g/mol. The number of nitrogens with one attached hydrogen (secondary N) is 1. The molecule has 0 unspecified atom stereocenters. The van der Waals surface area contributed by atoms with E-state index in [0.717, 1.165) is 42.3 Å². The van der Waals surface area contributed by atoms with E-state index in [4.69, 9.17) is 9.47 Å². The highest BCUT2D eigenvalue weighted by Crippen LogP contribution is 2.31. The quantitative estimate of drug-likeness (QED) is 0.739. The molecule has 2 aromatic rings. The number of hydrogen-bond donors (Lipinski definition) is 1. The molecule has 0 radical (unpaired) electrons. The van der Waals surface area contributed by atoms with Crippen molar-refractivity contribution in [3.63, 3.8) is 0 Å². The molecule has 0 atom stereocenters. The van der Waals surface area contributed by atoms with Gasteiger partial charge in [0.1, 0.15) is 13.2 Å². The maximum Gasteiger partial charge on any atom is 0.317 e. The number of hydrogen-bond acceptors (Lipinski definition) is 4. The second-order valence-corrected chi connectivity index (χ2v) is 7.27. The highest BCUT2D eigenvalue weighted by atomic mass is 16.6. The van der Waals surface area contributed by atoms with Crippen LogP contribution in [-0.4, -0.2) is 49.2 Å². The molecule has 1 aliphatic rings. The summed E-state index contributed by atoms with van der Waals surface area (Å²) in [5.41, 5.74) is 3.39. The van der Waals surface area contributed by atoms with Gasteiger partial charge in [-0.1, -0.05) is 44.2 Å². The summed E-state index contributed by atoms with van der Waals surface area (Å²) in [6.07, 6.45) is 0. The van der Waals surface area contributed by atoms with E-state index in [1.807, 2.05) is 18.2 Å².